The second-order valence-corrected chi connectivity index (χ2v) is 7.37. The second-order valence-electron chi connectivity index (χ2n) is 5.39. The molecule has 1 aromatic heterocycles. The number of nitrogens with one attached hydrogen (secondary N) is 2. The van der Waals surface area contributed by atoms with Gasteiger partial charge in [0.1, 0.15) is 5.82 Å². The topological polar surface area (TPSA) is 81.6 Å². The Morgan fingerprint density at radius 3 is 2.74 bits per heavy atom. The highest BCUT2D eigenvalue weighted by Crippen LogP contribution is 2.27. The zero-order chi connectivity index (χ0) is 19.1. The molecule has 0 spiro atoms. The predicted octanol–water partition coefficient (Wildman–Crippen LogP) is 4.56. The van der Waals surface area contributed by atoms with Gasteiger partial charge in [-0.05, 0) is 42.0 Å². The SMILES string of the molecule is N#CCSc1ccccc1NC(=O)CSc1ncc(-c2ccc(F)cc2)[nH]1. The summed E-state index contributed by atoms with van der Waals surface area (Å²) < 4.78 is 13.0. The Hall–Kier alpha value is -2.76. The van der Waals surface area contributed by atoms with E-state index in [0.29, 0.717) is 16.6 Å². The molecule has 0 saturated carbocycles. The first-order valence-electron chi connectivity index (χ1n) is 7.98. The third-order valence-corrected chi connectivity index (χ3v) is 5.33. The molecule has 0 saturated heterocycles. The van der Waals surface area contributed by atoms with Crippen molar-refractivity contribution >= 4 is 35.1 Å². The molecule has 0 aliphatic carbocycles. The number of anilines is 1. The van der Waals surface area contributed by atoms with E-state index in [0.717, 1.165) is 16.2 Å². The summed E-state index contributed by atoms with van der Waals surface area (Å²) in [5.41, 5.74) is 2.27. The first-order chi connectivity index (χ1) is 13.2. The number of amides is 1. The second kappa shape index (κ2) is 9.26. The van der Waals surface area contributed by atoms with E-state index < -0.39 is 0 Å². The number of nitriles is 1. The number of H-pyrrole nitrogens is 1. The highest BCUT2D eigenvalue weighted by Gasteiger charge is 2.10. The van der Waals surface area contributed by atoms with E-state index in [4.69, 9.17) is 5.26 Å². The molecule has 0 unspecified atom stereocenters. The van der Waals surface area contributed by atoms with E-state index >= 15 is 0 Å². The smallest absolute Gasteiger partial charge is 0.234 e. The molecule has 0 atom stereocenters. The van der Waals surface area contributed by atoms with Gasteiger partial charge in [0, 0.05) is 4.90 Å². The van der Waals surface area contributed by atoms with Gasteiger partial charge in [-0.2, -0.15) is 5.26 Å². The quantitative estimate of drug-likeness (QED) is 0.570. The predicted molar refractivity (Wildman–Crippen MR) is 106 cm³/mol. The molecule has 2 N–H and O–H groups in total. The lowest BCUT2D eigenvalue weighted by atomic mass is 10.2. The number of carbonyl (C=O) groups is 1. The fourth-order valence-corrected chi connectivity index (χ4v) is 3.60. The Morgan fingerprint density at radius 1 is 1.19 bits per heavy atom. The zero-order valence-corrected chi connectivity index (χ0v) is 15.7. The van der Waals surface area contributed by atoms with Gasteiger partial charge in [0.25, 0.3) is 0 Å². The van der Waals surface area contributed by atoms with Crippen LogP contribution in [0.4, 0.5) is 10.1 Å². The number of thioether (sulfide) groups is 2. The summed E-state index contributed by atoms with van der Waals surface area (Å²) in [7, 11) is 0. The van der Waals surface area contributed by atoms with Gasteiger partial charge in [0.15, 0.2) is 5.16 Å². The number of halogens is 1. The minimum Gasteiger partial charge on any atom is -0.333 e. The van der Waals surface area contributed by atoms with Crippen molar-refractivity contribution in [1.29, 1.82) is 5.26 Å². The largest absolute Gasteiger partial charge is 0.333 e. The van der Waals surface area contributed by atoms with Crippen LogP contribution in [-0.2, 0) is 4.79 Å². The van der Waals surface area contributed by atoms with Gasteiger partial charge in [-0.1, -0.05) is 23.9 Å². The van der Waals surface area contributed by atoms with Crippen LogP contribution in [0.2, 0.25) is 0 Å². The molecule has 1 heterocycles. The number of hydrogen-bond acceptors (Lipinski definition) is 5. The normalized spacial score (nSPS) is 10.4. The van der Waals surface area contributed by atoms with Crippen molar-refractivity contribution in [3.05, 3.63) is 60.5 Å². The Kier molecular flexibility index (Phi) is 6.52. The first-order valence-corrected chi connectivity index (χ1v) is 9.95. The van der Waals surface area contributed by atoms with Crippen LogP contribution in [0.15, 0.2) is 64.8 Å². The van der Waals surface area contributed by atoms with Gasteiger partial charge in [-0.15, -0.1) is 11.8 Å². The maximum Gasteiger partial charge on any atom is 0.234 e. The first kappa shape index (κ1) is 19.0. The lowest BCUT2D eigenvalue weighted by Gasteiger charge is -2.09. The number of para-hydroxylation sites is 1. The van der Waals surface area contributed by atoms with Crippen molar-refractivity contribution in [3.63, 3.8) is 0 Å². The molecule has 5 nitrogen and oxygen atoms in total. The molecular formula is C19H15FN4OS2. The third-order valence-electron chi connectivity index (χ3n) is 3.50. The van der Waals surface area contributed by atoms with Crippen LogP contribution in [0.3, 0.4) is 0 Å². The number of imidazole rings is 1. The molecule has 0 fully saturated rings. The Morgan fingerprint density at radius 2 is 1.96 bits per heavy atom. The molecule has 8 heteroatoms. The Bertz CT molecular complexity index is 966. The number of hydrogen-bond donors (Lipinski definition) is 2. The van der Waals surface area contributed by atoms with Crippen LogP contribution in [0, 0.1) is 17.1 Å². The van der Waals surface area contributed by atoms with Crippen molar-refractivity contribution in [2.24, 2.45) is 0 Å². The lowest BCUT2D eigenvalue weighted by molar-refractivity contribution is -0.113. The van der Waals surface area contributed by atoms with Crippen LogP contribution in [-0.4, -0.2) is 27.4 Å². The summed E-state index contributed by atoms with van der Waals surface area (Å²) in [5.74, 6) is 0.0517. The van der Waals surface area contributed by atoms with Crippen LogP contribution in [0.1, 0.15) is 0 Å². The van der Waals surface area contributed by atoms with Crippen LogP contribution in [0.5, 0.6) is 0 Å². The van der Waals surface area contributed by atoms with Gasteiger partial charge in [-0.3, -0.25) is 4.79 Å². The fraction of sp³-hybridized carbons (Fsp3) is 0.105. The number of benzene rings is 2. The number of aromatic nitrogens is 2. The minimum absolute atomic E-state index is 0.162. The molecular weight excluding hydrogens is 383 g/mol. The van der Waals surface area contributed by atoms with Gasteiger partial charge in [0.05, 0.1) is 35.2 Å². The average molecular weight is 398 g/mol. The zero-order valence-electron chi connectivity index (χ0n) is 14.1. The molecule has 3 rings (SSSR count). The van der Waals surface area contributed by atoms with E-state index in [1.807, 2.05) is 24.3 Å². The molecule has 0 aliphatic heterocycles. The van der Waals surface area contributed by atoms with Gasteiger partial charge in [0.2, 0.25) is 5.91 Å². The van der Waals surface area contributed by atoms with Gasteiger partial charge >= 0.3 is 0 Å². The molecule has 2 aromatic carbocycles. The summed E-state index contributed by atoms with van der Waals surface area (Å²) >= 11 is 2.66. The summed E-state index contributed by atoms with van der Waals surface area (Å²) in [6.45, 7) is 0. The number of rotatable bonds is 7. The number of aromatic amines is 1. The maximum atomic E-state index is 13.0. The molecule has 27 heavy (non-hydrogen) atoms. The summed E-state index contributed by atoms with van der Waals surface area (Å²) in [4.78, 5) is 20.5. The van der Waals surface area contributed by atoms with E-state index in [9.17, 15) is 9.18 Å². The summed E-state index contributed by atoms with van der Waals surface area (Å²) in [5, 5.41) is 12.2. The van der Waals surface area contributed by atoms with Crippen molar-refractivity contribution in [2.75, 3.05) is 16.8 Å². The Balaban J connectivity index is 1.57. The van der Waals surface area contributed by atoms with E-state index in [1.54, 1.807) is 18.3 Å². The molecule has 0 bridgehead atoms. The molecule has 3 aromatic rings. The van der Waals surface area contributed by atoms with Crippen molar-refractivity contribution < 1.29 is 9.18 Å². The summed E-state index contributed by atoms with van der Waals surface area (Å²) in [6, 6.07) is 15.6. The number of nitrogens with zero attached hydrogens (tertiary/aromatic N) is 2. The van der Waals surface area contributed by atoms with Crippen molar-refractivity contribution in [2.45, 2.75) is 10.1 Å². The molecule has 1 amide bonds. The van der Waals surface area contributed by atoms with E-state index in [-0.39, 0.29) is 17.5 Å². The number of carbonyl (C=O) groups excluding carboxylic acids is 1. The highest BCUT2D eigenvalue weighted by atomic mass is 32.2. The van der Waals surface area contributed by atoms with E-state index in [1.165, 1.54) is 35.7 Å². The summed E-state index contributed by atoms with van der Waals surface area (Å²) in [6.07, 6.45) is 1.65. The standard InChI is InChI=1S/C19H15FN4OS2/c20-14-7-5-13(6-8-14)16-11-22-19(24-16)27-12-18(25)23-15-3-1-2-4-17(15)26-10-9-21/h1-8,11H,10,12H2,(H,22,24)(H,23,25). The van der Waals surface area contributed by atoms with E-state index in [2.05, 4.69) is 21.4 Å². The molecule has 136 valence electrons. The third kappa shape index (κ3) is 5.36. The van der Waals surface area contributed by atoms with Crippen LogP contribution < -0.4 is 5.32 Å². The lowest BCUT2D eigenvalue weighted by Crippen LogP contribution is -2.14. The monoisotopic (exact) mass is 398 g/mol. The van der Waals surface area contributed by atoms with Crippen LogP contribution >= 0.6 is 23.5 Å². The minimum atomic E-state index is -0.294. The van der Waals surface area contributed by atoms with Crippen molar-refractivity contribution in [1.82, 2.24) is 9.97 Å². The van der Waals surface area contributed by atoms with Crippen molar-refractivity contribution in [3.8, 4) is 17.3 Å². The maximum absolute atomic E-state index is 13.0. The Labute approximate surface area is 164 Å². The van der Waals surface area contributed by atoms with Gasteiger partial charge < -0.3 is 10.3 Å². The van der Waals surface area contributed by atoms with Gasteiger partial charge in [-0.25, -0.2) is 9.37 Å². The van der Waals surface area contributed by atoms with Crippen LogP contribution in [0.25, 0.3) is 11.3 Å². The average Bonchev–Trinajstić information content (AvgIpc) is 3.15. The highest BCUT2D eigenvalue weighted by molar-refractivity contribution is 8.00. The molecule has 0 radical (unpaired) electrons. The fourth-order valence-electron chi connectivity index (χ4n) is 2.28. The molecule has 0 aliphatic rings.